The van der Waals surface area contributed by atoms with Gasteiger partial charge in [-0.2, -0.15) is 5.26 Å². The number of phenolic OH excluding ortho intramolecular Hbond substituents is 1. The summed E-state index contributed by atoms with van der Waals surface area (Å²) in [6.45, 7) is 0. The van der Waals surface area contributed by atoms with Gasteiger partial charge in [-0.3, -0.25) is 0 Å². The van der Waals surface area contributed by atoms with Crippen molar-refractivity contribution >= 4 is 11.0 Å². The summed E-state index contributed by atoms with van der Waals surface area (Å²) < 4.78 is 0. The molecule has 0 aliphatic rings. The van der Waals surface area contributed by atoms with Crippen LogP contribution in [-0.2, 0) is 6.42 Å². The molecule has 0 aliphatic heterocycles. The highest BCUT2D eigenvalue weighted by atomic mass is 16.3. The van der Waals surface area contributed by atoms with E-state index in [1.807, 2.05) is 6.07 Å². The monoisotopic (exact) mass is 173 g/mol. The first-order valence-electron chi connectivity index (χ1n) is 3.84. The second-order valence-electron chi connectivity index (χ2n) is 2.71. The fourth-order valence-electron chi connectivity index (χ4n) is 1.26. The molecule has 1 heterocycles. The SMILES string of the molecule is N#CCc1ccc2[nH]cnc2c1O. The van der Waals surface area contributed by atoms with Crippen molar-refractivity contribution in [2.75, 3.05) is 0 Å². The number of fused-ring (bicyclic) bond motifs is 1. The first-order valence-corrected chi connectivity index (χ1v) is 3.84. The van der Waals surface area contributed by atoms with E-state index in [1.54, 1.807) is 12.1 Å². The maximum Gasteiger partial charge on any atom is 0.147 e. The molecule has 0 atom stereocenters. The zero-order valence-electron chi connectivity index (χ0n) is 6.78. The Bertz CT molecular complexity index is 481. The molecule has 4 heteroatoms. The highest BCUT2D eigenvalue weighted by Crippen LogP contribution is 2.25. The Morgan fingerprint density at radius 1 is 1.54 bits per heavy atom. The van der Waals surface area contributed by atoms with Crippen molar-refractivity contribution in [3.63, 3.8) is 0 Å². The lowest BCUT2D eigenvalue weighted by Crippen LogP contribution is -1.83. The molecule has 1 aromatic heterocycles. The normalized spacial score (nSPS) is 10.1. The second-order valence-corrected chi connectivity index (χ2v) is 2.71. The molecule has 0 radical (unpaired) electrons. The number of nitriles is 1. The van der Waals surface area contributed by atoms with Crippen molar-refractivity contribution in [2.45, 2.75) is 6.42 Å². The number of H-pyrrole nitrogens is 1. The number of hydrogen-bond acceptors (Lipinski definition) is 3. The Morgan fingerprint density at radius 2 is 2.38 bits per heavy atom. The summed E-state index contributed by atoms with van der Waals surface area (Å²) in [5, 5.41) is 18.1. The van der Waals surface area contributed by atoms with Crippen LogP contribution < -0.4 is 0 Å². The van der Waals surface area contributed by atoms with E-state index in [2.05, 4.69) is 9.97 Å². The number of aromatic amines is 1. The lowest BCUT2D eigenvalue weighted by atomic mass is 10.1. The lowest BCUT2D eigenvalue weighted by Gasteiger charge is -1.99. The van der Waals surface area contributed by atoms with Gasteiger partial charge < -0.3 is 10.1 Å². The number of benzene rings is 1. The van der Waals surface area contributed by atoms with Gasteiger partial charge in [0.15, 0.2) is 0 Å². The third kappa shape index (κ3) is 1.11. The number of nitrogens with zero attached hydrogens (tertiary/aromatic N) is 2. The summed E-state index contributed by atoms with van der Waals surface area (Å²) in [5.41, 5.74) is 1.91. The van der Waals surface area contributed by atoms with E-state index in [4.69, 9.17) is 5.26 Å². The Balaban J connectivity index is 2.67. The number of phenols is 1. The van der Waals surface area contributed by atoms with Crippen LogP contribution in [-0.4, -0.2) is 15.1 Å². The third-order valence-electron chi connectivity index (χ3n) is 1.92. The molecular weight excluding hydrogens is 166 g/mol. The van der Waals surface area contributed by atoms with Crippen LogP contribution in [0.25, 0.3) is 11.0 Å². The van der Waals surface area contributed by atoms with Crippen LogP contribution in [0, 0.1) is 11.3 Å². The molecule has 0 bridgehead atoms. The molecule has 0 aliphatic carbocycles. The first kappa shape index (κ1) is 7.62. The van der Waals surface area contributed by atoms with Gasteiger partial charge >= 0.3 is 0 Å². The second kappa shape index (κ2) is 2.79. The number of rotatable bonds is 1. The lowest BCUT2D eigenvalue weighted by molar-refractivity contribution is 0.475. The van der Waals surface area contributed by atoms with Crippen LogP contribution in [0.3, 0.4) is 0 Å². The molecule has 4 nitrogen and oxygen atoms in total. The summed E-state index contributed by atoms with van der Waals surface area (Å²) in [7, 11) is 0. The highest BCUT2D eigenvalue weighted by molar-refractivity contribution is 5.82. The van der Waals surface area contributed by atoms with Gasteiger partial charge in [0.1, 0.15) is 11.3 Å². The first-order chi connectivity index (χ1) is 6.33. The third-order valence-corrected chi connectivity index (χ3v) is 1.92. The molecule has 0 fully saturated rings. The minimum atomic E-state index is 0.0975. The number of imidazole rings is 1. The van der Waals surface area contributed by atoms with E-state index in [1.165, 1.54) is 6.33 Å². The van der Waals surface area contributed by atoms with Gasteiger partial charge in [0.05, 0.1) is 24.3 Å². The number of aromatic hydroxyl groups is 1. The van der Waals surface area contributed by atoms with Crippen molar-refractivity contribution in [3.8, 4) is 11.8 Å². The smallest absolute Gasteiger partial charge is 0.147 e. The van der Waals surface area contributed by atoms with Gasteiger partial charge in [-0.05, 0) is 6.07 Å². The molecule has 2 aromatic rings. The Morgan fingerprint density at radius 3 is 3.15 bits per heavy atom. The van der Waals surface area contributed by atoms with Crippen molar-refractivity contribution < 1.29 is 5.11 Å². The molecule has 0 unspecified atom stereocenters. The average Bonchev–Trinajstić information content (AvgIpc) is 2.58. The number of aromatic nitrogens is 2. The standard InChI is InChI=1S/C9H7N3O/c10-4-3-6-1-2-7-8(9(6)13)12-5-11-7/h1-2,5,13H,3H2,(H,11,12). The molecule has 0 spiro atoms. The molecule has 0 saturated carbocycles. The summed E-state index contributed by atoms with van der Waals surface area (Å²) in [4.78, 5) is 6.82. The van der Waals surface area contributed by atoms with Gasteiger partial charge in [0, 0.05) is 5.56 Å². The quantitative estimate of drug-likeness (QED) is 0.683. The van der Waals surface area contributed by atoms with Crippen LogP contribution >= 0.6 is 0 Å². The minimum Gasteiger partial charge on any atom is -0.505 e. The Kier molecular flexibility index (Phi) is 1.64. The zero-order valence-corrected chi connectivity index (χ0v) is 6.78. The van der Waals surface area contributed by atoms with Crippen LogP contribution in [0.15, 0.2) is 18.5 Å². The Labute approximate surface area is 74.5 Å². The van der Waals surface area contributed by atoms with E-state index < -0.39 is 0 Å². The summed E-state index contributed by atoms with van der Waals surface area (Å²) >= 11 is 0. The topological polar surface area (TPSA) is 72.7 Å². The predicted molar refractivity (Wildman–Crippen MR) is 47.1 cm³/mol. The van der Waals surface area contributed by atoms with Crippen LogP contribution in [0.5, 0.6) is 5.75 Å². The van der Waals surface area contributed by atoms with Gasteiger partial charge in [0.2, 0.25) is 0 Å². The number of hydrogen-bond donors (Lipinski definition) is 2. The molecule has 64 valence electrons. The molecule has 1 aromatic carbocycles. The van der Waals surface area contributed by atoms with Crippen molar-refractivity contribution in [3.05, 3.63) is 24.0 Å². The van der Waals surface area contributed by atoms with Crippen LogP contribution in [0.1, 0.15) is 5.56 Å². The van der Waals surface area contributed by atoms with Gasteiger partial charge in [-0.15, -0.1) is 0 Å². The minimum absolute atomic E-state index is 0.0975. The maximum absolute atomic E-state index is 9.64. The largest absolute Gasteiger partial charge is 0.505 e. The number of nitrogens with one attached hydrogen (secondary N) is 1. The summed E-state index contributed by atoms with van der Waals surface area (Å²) in [6, 6.07) is 5.51. The van der Waals surface area contributed by atoms with E-state index >= 15 is 0 Å². The zero-order chi connectivity index (χ0) is 9.26. The maximum atomic E-state index is 9.64. The molecular formula is C9H7N3O. The van der Waals surface area contributed by atoms with Gasteiger partial charge in [0.25, 0.3) is 0 Å². The summed E-state index contributed by atoms with van der Waals surface area (Å²) in [5.74, 6) is 0.0975. The van der Waals surface area contributed by atoms with E-state index in [0.29, 0.717) is 11.1 Å². The van der Waals surface area contributed by atoms with Crippen molar-refractivity contribution in [1.29, 1.82) is 5.26 Å². The fourth-order valence-corrected chi connectivity index (χ4v) is 1.26. The molecule has 2 N–H and O–H groups in total. The Hall–Kier alpha value is -2.02. The molecule has 0 amide bonds. The predicted octanol–water partition coefficient (Wildman–Crippen LogP) is 1.33. The molecule has 2 rings (SSSR count). The van der Waals surface area contributed by atoms with Crippen LogP contribution in [0.4, 0.5) is 0 Å². The van der Waals surface area contributed by atoms with Crippen LogP contribution in [0.2, 0.25) is 0 Å². The highest BCUT2D eigenvalue weighted by Gasteiger charge is 2.07. The summed E-state index contributed by atoms with van der Waals surface area (Å²) in [6.07, 6.45) is 1.72. The molecule has 13 heavy (non-hydrogen) atoms. The van der Waals surface area contributed by atoms with Gasteiger partial charge in [-0.25, -0.2) is 4.98 Å². The van der Waals surface area contributed by atoms with E-state index in [-0.39, 0.29) is 12.2 Å². The fraction of sp³-hybridized carbons (Fsp3) is 0.111. The average molecular weight is 173 g/mol. The van der Waals surface area contributed by atoms with E-state index in [9.17, 15) is 5.11 Å². The van der Waals surface area contributed by atoms with Crippen molar-refractivity contribution in [2.24, 2.45) is 0 Å². The van der Waals surface area contributed by atoms with E-state index in [0.717, 1.165) is 5.52 Å². The molecule has 0 saturated heterocycles. The van der Waals surface area contributed by atoms with Crippen molar-refractivity contribution in [1.82, 2.24) is 9.97 Å². The van der Waals surface area contributed by atoms with Gasteiger partial charge in [-0.1, -0.05) is 6.07 Å².